The minimum atomic E-state index is -0.548. The molecule has 0 saturated carbocycles. The van der Waals surface area contributed by atoms with Crippen molar-refractivity contribution in [2.45, 2.75) is 18.9 Å². The Morgan fingerprint density at radius 3 is 2.42 bits per heavy atom. The summed E-state index contributed by atoms with van der Waals surface area (Å²) in [5.74, 6) is 0.489. The Labute approximate surface area is 152 Å². The average molecular weight is 360 g/mol. The second-order valence-corrected chi connectivity index (χ2v) is 6.54. The molecule has 1 aromatic rings. The highest BCUT2D eigenvalue weighted by atomic mass is 16.5. The number of amides is 4. The highest BCUT2D eigenvalue weighted by molar-refractivity contribution is 5.95. The summed E-state index contributed by atoms with van der Waals surface area (Å²) in [7, 11) is 1.56. The predicted molar refractivity (Wildman–Crippen MR) is 94.8 cm³/mol. The normalized spacial score (nSPS) is 20.2. The van der Waals surface area contributed by atoms with E-state index in [2.05, 4.69) is 0 Å². The van der Waals surface area contributed by atoms with Crippen LogP contribution in [0, 0.1) is 0 Å². The number of rotatable bonds is 3. The van der Waals surface area contributed by atoms with Crippen LogP contribution in [0.5, 0.6) is 5.75 Å². The van der Waals surface area contributed by atoms with Gasteiger partial charge in [-0.2, -0.15) is 0 Å². The molecule has 1 atom stereocenters. The maximum atomic E-state index is 12.7. The standard InChI is InChI=1S/C18H24N4O4/c1-26-14-5-2-4-13(12-14)16(23)20-8-10-21(11-9-20)17(24)15-6-3-7-22(15)18(19)25/h2,4-5,12,15H,3,6-11H2,1H3,(H2,19,25)/t15-/m1/s1. The first kappa shape index (κ1) is 18.0. The van der Waals surface area contributed by atoms with Gasteiger partial charge in [-0.3, -0.25) is 9.59 Å². The van der Waals surface area contributed by atoms with Crippen LogP contribution in [-0.4, -0.2) is 78.4 Å². The molecule has 3 rings (SSSR count). The molecule has 0 aromatic heterocycles. The highest BCUT2D eigenvalue weighted by Gasteiger charge is 2.37. The van der Waals surface area contributed by atoms with E-state index in [1.165, 1.54) is 4.90 Å². The first-order chi connectivity index (χ1) is 12.5. The quantitative estimate of drug-likeness (QED) is 0.850. The van der Waals surface area contributed by atoms with Crippen LogP contribution in [0.1, 0.15) is 23.2 Å². The van der Waals surface area contributed by atoms with Crippen molar-refractivity contribution in [2.24, 2.45) is 5.73 Å². The zero-order valence-electron chi connectivity index (χ0n) is 14.9. The van der Waals surface area contributed by atoms with Gasteiger partial charge in [0.2, 0.25) is 5.91 Å². The zero-order chi connectivity index (χ0) is 18.7. The number of carbonyl (C=O) groups is 3. The van der Waals surface area contributed by atoms with E-state index in [0.717, 1.165) is 6.42 Å². The first-order valence-electron chi connectivity index (χ1n) is 8.79. The van der Waals surface area contributed by atoms with Gasteiger partial charge in [0.25, 0.3) is 5.91 Å². The summed E-state index contributed by atoms with van der Waals surface area (Å²) in [6.45, 7) is 2.37. The molecule has 1 aromatic carbocycles. The Morgan fingerprint density at radius 1 is 1.08 bits per heavy atom. The number of hydrogen-bond acceptors (Lipinski definition) is 4. The van der Waals surface area contributed by atoms with Gasteiger partial charge in [0.05, 0.1) is 7.11 Å². The van der Waals surface area contributed by atoms with Crippen LogP contribution in [0.25, 0.3) is 0 Å². The van der Waals surface area contributed by atoms with Crippen molar-refractivity contribution >= 4 is 17.8 Å². The summed E-state index contributed by atoms with van der Waals surface area (Å²) in [5, 5.41) is 0. The van der Waals surface area contributed by atoms with Crippen LogP contribution in [0.4, 0.5) is 4.79 Å². The number of benzene rings is 1. The van der Waals surface area contributed by atoms with E-state index in [-0.39, 0.29) is 11.8 Å². The molecule has 2 aliphatic heterocycles. The fraction of sp³-hybridized carbons (Fsp3) is 0.500. The molecule has 8 heteroatoms. The van der Waals surface area contributed by atoms with Crippen LogP contribution >= 0.6 is 0 Å². The van der Waals surface area contributed by atoms with Crippen molar-refractivity contribution in [1.29, 1.82) is 0 Å². The highest BCUT2D eigenvalue weighted by Crippen LogP contribution is 2.20. The van der Waals surface area contributed by atoms with Crippen LogP contribution in [0.2, 0.25) is 0 Å². The number of urea groups is 1. The van der Waals surface area contributed by atoms with Crippen molar-refractivity contribution in [1.82, 2.24) is 14.7 Å². The monoisotopic (exact) mass is 360 g/mol. The average Bonchev–Trinajstić information content (AvgIpc) is 3.17. The molecular formula is C18H24N4O4. The lowest BCUT2D eigenvalue weighted by molar-refractivity contribution is -0.136. The van der Waals surface area contributed by atoms with Crippen LogP contribution in [-0.2, 0) is 4.79 Å². The van der Waals surface area contributed by atoms with Crippen molar-refractivity contribution in [3.05, 3.63) is 29.8 Å². The summed E-state index contributed by atoms with van der Waals surface area (Å²) >= 11 is 0. The van der Waals surface area contributed by atoms with Gasteiger partial charge >= 0.3 is 6.03 Å². The van der Waals surface area contributed by atoms with Gasteiger partial charge in [0, 0.05) is 38.3 Å². The van der Waals surface area contributed by atoms with Crippen molar-refractivity contribution in [3.8, 4) is 5.75 Å². The summed E-state index contributed by atoms with van der Waals surface area (Å²) in [6.07, 6.45) is 1.43. The van der Waals surface area contributed by atoms with E-state index < -0.39 is 12.1 Å². The Hall–Kier alpha value is -2.77. The number of methoxy groups -OCH3 is 1. The number of nitrogens with zero attached hydrogens (tertiary/aromatic N) is 3. The van der Waals surface area contributed by atoms with E-state index in [0.29, 0.717) is 50.5 Å². The Balaban J connectivity index is 1.59. The molecular weight excluding hydrogens is 336 g/mol. The lowest BCUT2D eigenvalue weighted by atomic mass is 10.1. The van der Waals surface area contributed by atoms with Crippen LogP contribution in [0.15, 0.2) is 24.3 Å². The molecule has 140 valence electrons. The zero-order valence-corrected chi connectivity index (χ0v) is 14.9. The van der Waals surface area contributed by atoms with Gasteiger partial charge in [-0.1, -0.05) is 6.07 Å². The maximum absolute atomic E-state index is 12.7. The van der Waals surface area contributed by atoms with Gasteiger partial charge in [-0.05, 0) is 31.0 Å². The van der Waals surface area contributed by atoms with Gasteiger partial charge in [0.1, 0.15) is 11.8 Å². The molecule has 0 spiro atoms. The Morgan fingerprint density at radius 2 is 1.77 bits per heavy atom. The lowest BCUT2D eigenvalue weighted by Crippen LogP contribution is -2.55. The number of hydrogen-bond donors (Lipinski definition) is 1. The number of piperazine rings is 1. The Bertz CT molecular complexity index is 700. The second kappa shape index (κ2) is 7.63. The number of likely N-dealkylation sites (tertiary alicyclic amines) is 1. The molecule has 2 N–H and O–H groups in total. The van der Waals surface area contributed by atoms with Gasteiger partial charge < -0.3 is 25.2 Å². The minimum absolute atomic E-state index is 0.0735. The third-order valence-electron chi connectivity index (χ3n) is 5.02. The smallest absolute Gasteiger partial charge is 0.315 e. The number of carbonyl (C=O) groups excluding carboxylic acids is 3. The fourth-order valence-corrected chi connectivity index (χ4v) is 3.57. The minimum Gasteiger partial charge on any atom is -0.497 e. The van der Waals surface area contributed by atoms with E-state index in [9.17, 15) is 14.4 Å². The van der Waals surface area contributed by atoms with Crippen molar-refractivity contribution in [2.75, 3.05) is 39.8 Å². The molecule has 2 saturated heterocycles. The number of ether oxygens (including phenoxy) is 1. The van der Waals surface area contributed by atoms with Crippen molar-refractivity contribution < 1.29 is 19.1 Å². The summed E-state index contributed by atoms with van der Waals surface area (Å²) in [6, 6.07) is 6.03. The van der Waals surface area contributed by atoms with Gasteiger partial charge in [-0.15, -0.1) is 0 Å². The van der Waals surface area contributed by atoms with E-state index in [1.54, 1.807) is 41.2 Å². The van der Waals surface area contributed by atoms with Crippen molar-refractivity contribution in [3.63, 3.8) is 0 Å². The molecule has 0 radical (unpaired) electrons. The summed E-state index contributed by atoms with van der Waals surface area (Å²) < 4.78 is 5.16. The van der Waals surface area contributed by atoms with E-state index in [4.69, 9.17) is 10.5 Å². The molecule has 2 aliphatic rings. The van der Waals surface area contributed by atoms with Crippen LogP contribution < -0.4 is 10.5 Å². The molecule has 2 fully saturated rings. The SMILES string of the molecule is COc1cccc(C(=O)N2CCN(C(=O)[C@H]3CCCN3C(N)=O)CC2)c1. The van der Waals surface area contributed by atoms with E-state index >= 15 is 0 Å². The predicted octanol–water partition coefficient (Wildman–Crippen LogP) is 0.523. The third-order valence-corrected chi connectivity index (χ3v) is 5.02. The largest absolute Gasteiger partial charge is 0.497 e. The Kier molecular flexibility index (Phi) is 5.29. The van der Waals surface area contributed by atoms with Gasteiger partial charge in [0.15, 0.2) is 0 Å². The van der Waals surface area contributed by atoms with Crippen LogP contribution in [0.3, 0.4) is 0 Å². The number of nitrogens with two attached hydrogens (primary N) is 1. The molecule has 8 nitrogen and oxygen atoms in total. The third kappa shape index (κ3) is 3.58. The summed E-state index contributed by atoms with van der Waals surface area (Å²) in [5.41, 5.74) is 5.93. The van der Waals surface area contributed by atoms with Gasteiger partial charge in [-0.25, -0.2) is 4.79 Å². The molecule has 26 heavy (non-hydrogen) atoms. The fourth-order valence-electron chi connectivity index (χ4n) is 3.57. The molecule has 0 unspecified atom stereocenters. The molecule has 0 aliphatic carbocycles. The van der Waals surface area contributed by atoms with E-state index in [1.807, 2.05) is 0 Å². The lowest BCUT2D eigenvalue weighted by Gasteiger charge is -2.37. The maximum Gasteiger partial charge on any atom is 0.315 e. The first-order valence-corrected chi connectivity index (χ1v) is 8.79. The second-order valence-electron chi connectivity index (χ2n) is 6.54. The summed E-state index contributed by atoms with van der Waals surface area (Å²) in [4.78, 5) is 41.7. The molecule has 0 bridgehead atoms. The molecule has 4 amide bonds. The topological polar surface area (TPSA) is 96.2 Å². The number of primary amides is 1. The molecule has 2 heterocycles.